The summed E-state index contributed by atoms with van der Waals surface area (Å²) in [5.41, 5.74) is 7.08. The third-order valence-corrected chi connectivity index (χ3v) is 3.36. The number of hydrogen-bond acceptors (Lipinski definition) is 5. The van der Waals surface area contributed by atoms with Gasteiger partial charge in [0.1, 0.15) is 0 Å². The summed E-state index contributed by atoms with van der Waals surface area (Å²) in [6.07, 6.45) is 0. The molecule has 0 saturated heterocycles. The Morgan fingerprint density at radius 2 is 1.95 bits per heavy atom. The number of carbonyl (C=O) groups is 2. The highest BCUT2D eigenvalue weighted by Gasteiger charge is 2.05. The van der Waals surface area contributed by atoms with Gasteiger partial charge in [-0.15, -0.1) is 24.2 Å². The summed E-state index contributed by atoms with van der Waals surface area (Å²) in [5.74, 6) is 0.593. The quantitative estimate of drug-likeness (QED) is 0.583. The molecule has 0 saturated carbocycles. The average Bonchev–Trinajstić information content (AvgIpc) is 2.46. The monoisotopic (exact) mass is 318 g/mol. The fourth-order valence-corrected chi connectivity index (χ4v) is 2.02. The van der Waals surface area contributed by atoms with E-state index in [0.717, 1.165) is 5.56 Å². The molecule has 0 atom stereocenters. The van der Waals surface area contributed by atoms with E-state index in [9.17, 15) is 9.59 Å². The van der Waals surface area contributed by atoms with Crippen molar-refractivity contribution in [1.29, 1.82) is 0 Å². The lowest BCUT2D eigenvalue weighted by Gasteiger charge is -2.05. The molecule has 1 aromatic carbocycles. The highest BCUT2D eigenvalue weighted by Crippen LogP contribution is 2.04. The number of nitrogens with two attached hydrogens (primary N) is 1. The molecule has 0 bridgehead atoms. The van der Waals surface area contributed by atoms with Gasteiger partial charge in [0.15, 0.2) is 0 Å². The Morgan fingerprint density at radius 1 is 1.30 bits per heavy atom. The normalized spacial score (nSPS) is 9.50. The first-order valence-electron chi connectivity index (χ1n) is 5.89. The molecule has 0 fully saturated rings. The number of amides is 1. The summed E-state index contributed by atoms with van der Waals surface area (Å²) >= 11 is 1.42. The van der Waals surface area contributed by atoms with Gasteiger partial charge in [0.25, 0.3) is 5.91 Å². The van der Waals surface area contributed by atoms with Gasteiger partial charge in [-0.25, -0.2) is 0 Å². The third kappa shape index (κ3) is 6.79. The van der Waals surface area contributed by atoms with Crippen molar-refractivity contribution in [3.8, 4) is 0 Å². The number of benzene rings is 1. The van der Waals surface area contributed by atoms with Crippen LogP contribution in [0.2, 0.25) is 0 Å². The lowest BCUT2D eigenvalue weighted by Crippen LogP contribution is -2.26. The summed E-state index contributed by atoms with van der Waals surface area (Å²) in [6, 6.07) is 7.17. The summed E-state index contributed by atoms with van der Waals surface area (Å²) < 4.78 is 4.51. The zero-order chi connectivity index (χ0) is 14.1. The summed E-state index contributed by atoms with van der Waals surface area (Å²) in [7, 11) is 1.36. The minimum atomic E-state index is -0.256. The van der Waals surface area contributed by atoms with Gasteiger partial charge < -0.3 is 15.8 Å². The minimum Gasteiger partial charge on any atom is -0.468 e. The first-order chi connectivity index (χ1) is 9.17. The maximum atomic E-state index is 11.8. The van der Waals surface area contributed by atoms with E-state index >= 15 is 0 Å². The van der Waals surface area contributed by atoms with E-state index in [1.54, 1.807) is 12.1 Å². The van der Waals surface area contributed by atoms with Gasteiger partial charge in [0.2, 0.25) is 0 Å². The van der Waals surface area contributed by atoms with Crippen molar-refractivity contribution in [2.24, 2.45) is 5.73 Å². The fraction of sp³-hybridized carbons (Fsp3) is 0.385. The molecular formula is C13H19ClN2O3S. The zero-order valence-electron chi connectivity index (χ0n) is 11.3. The van der Waals surface area contributed by atoms with Gasteiger partial charge in [-0.1, -0.05) is 12.1 Å². The van der Waals surface area contributed by atoms with Crippen LogP contribution < -0.4 is 11.1 Å². The molecule has 5 nitrogen and oxygen atoms in total. The van der Waals surface area contributed by atoms with Crippen LogP contribution in [0.5, 0.6) is 0 Å². The molecule has 7 heteroatoms. The van der Waals surface area contributed by atoms with Crippen LogP contribution in [-0.2, 0) is 16.1 Å². The second-order valence-electron chi connectivity index (χ2n) is 3.79. The summed E-state index contributed by atoms with van der Waals surface area (Å²) in [6.45, 7) is 0.977. The molecule has 1 rings (SSSR count). The predicted molar refractivity (Wildman–Crippen MR) is 83.3 cm³/mol. The number of methoxy groups -OCH3 is 1. The maximum absolute atomic E-state index is 11.8. The largest absolute Gasteiger partial charge is 0.468 e. The first-order valence-corrected chi connectivity index (χ1v) is 7.04. The van der Waals surface area contributed by atoms with Crippen LogP contribution in [0.15, 0.2) is 24.3 Å². The van der Waals surface area contributed by atoms with Crippen molar-refractivity contribution in [2.45, 2.75) is 6.54 Å². The molecule has 0 radical (unpaired) electrons. The molecule has 3 N–H and O–H groups in total. The number of nitrogens with one attached hydrogen (secondary N) is 1. The Kier molecular flexibility index (Phi) is 9.88. The van der Waals surface area contributed by atoms with E-state index < -0.39 is 0 Å². The van der Waals surface area contributed by atoms with Gasteiger partial charge in [-0.2, -0.15) is 0 Å². The van der Waals surface area contributed by atoms with E-state index in [1.165, 1.54) is 18.9 Å². The molecule has 112 valence electrons. The van der Waals surface area contributed by atoms with Crippen LogP contribution in [0.4, 0.5) is 0 Å². The Balaban J connectivity index is 0.00000361. The van der Waals surface area contributed by atoms with Crippen LogP contribution in [0.1, 0.15) is 15.9 Å². The highest BCUT2D eigenvalue weighted by molar-refractivity contribution is 7.99. The number of carbonyl (C=O) groups excluding carboxylic acids is 2. The number of halogens is 1. The maximum Gasteiger partial charge on any atom is 0.315 e. The third-order valence-electron chi connectivity index (χ3n) is 2.43. The fourth-order valence-electron chi connectivity index (χ4n) is 1.35. The standard InChI is InChI=1S/C13H18N2O3S.ClH/c1-18-12(16)9-19-7-6-15-13(17)11-4-2-10(8-14)3-5-11;/h2-5H,6-9,14H2,1H3,(H,15,17);1H. The first kappa shape index (κ1) is 18.8. The van der Waals surface area contributed by atoms with Crippen LogP contribution in [-0.4, -0.2) is 37.0 Å². The molecule has 1 amide bonds. The van der Waals surface area contributed by atoms with E-state index in [1.807, 2.05) is 12.1 Å². The topological polar surface area (TPSA) is 81.4 Å². The minimum absolute atomic E-state index is 0. The Hall–Kier alpha value is -1.24. The summed E-state index contributed by atoms with van der Waals surface area (Å²) in [4.78, 5) is 22.6. The van der Waals surface area contributed by atoms with Gasteiger partial charge >= 0.3 is 5.97 Å². The van der Waals surface area contributed by atoms with Crippen LogP contribution in [0, 0.1) is 0 Å². The Bertz CT molecular complexity index is 426. The van der Waals surface area contributed by atoms with Gasteiger partial charge in [0.05, 0.1) is 12.9 Å². The lowest BCUT2D eigenvalue weighted by atomic mass is 10.1. The molecule has 0 aliphatic carbocycles. The second-order valence-corrected chi connectivity index (χ2v) is 4.89. The van der Waals surface area contributed by atoms with Crippen LogP contribution in [0.3, 0.4) is 0 Å². The second kappa shape index (κ2) is 10.5. The number of thioether (sulfide) groups is 1. The Morgan fingerprint density at radius 3 is 2.50 bits per heavy atom. The van der Waals surface area contributed by atoms with Crippen molar-refractivity contribution < 1.29 is 14.3 Å². The summed E-state index contributed by atoms with van der Waals surface area (Å²) in [5, 5.41) is 2.79. The molecule has 20 heavy (non-hydrogen) atoms. The van der Waals surface area contributed by atoms with Crippen molar-refractivity contribution in [3.63, 3.8) is 0 Å². The smallest absolute Gasteiger partial charge is 0.315 e. The number of esters is 1. The van der Waals surface area contributed by atoms with Crippen LogP contribution in [0.25, 0.3) is 0 Å². The van der Waals surface area contributed by atoms with E-state index in [0.29, 0.717) is 30.2 Å². The lowest BCUT2D eigenvalue weighted by molar-refractivity contribution is -0.137. The Labute approximate surface area is 129 Å². The molecular weight excluding hydrogens is 300 g/mol. The highest BCUT2D eigenvalue weighted by atomic mass is 35.5. The number of ether oxygens (including phenoxy) is 1. The SMILES string of the molecule is COC(=O)CSCCNC(=O)c1ccc(CN)cc1.Cl. The van der Waals surface area contributed by atoms with Gasteiger partial charge in [-0.05, 0) is 17.7 Å². The van der Waals surface area contributed by atoms with Gasteiger partial charge in [0, 0.05) is 24.4 Å². The molecule has 0 heterocycles. The van der Waals surface area contributed by atoms with E-state index in [2.05, 4.69) is 10.1 Å². The van der Waals surface area contributed by atoms with Crippen molar-refractivity contribution in [1.82, 2.24) is 5.32 Å². The molecule has 0 aliphatic rings. The van der Waals surface area contributed by atoms with E-state index in [-0.39, 0.29) is 24.3 Å². The predicted octanol–water partition coefficient (Wildman–Crippen LogP) is 1.20. The zero-order valence-corrected chi connectivity index (χ0v) is 12.9. The van der Waals surface area contributed by atoms with Crippen molar-refractivity contribution >= 4 is 36.0 Å². The molecule has 1 aromatic rings. The van der Waals surface area contributed by atoms with Crippen molar-refractivity contribution in [3.05, 3.63) is 35.4 Å². The van der Waals surface area contributed by atoms with Crippen molar-refractivity contribution in [2.75, 3.05) is 25.2 Å². The van der Waals surface area contributed by atoms with Gasteiger partial charge in [-0.3, -0.25) is 9.59 Å². The number of rotatable bonds is 7. The number of hydrogen-bond donors (Lipinski definition) is 2. The van der Waals surface area contributed by atoms with E-state index in [4.69, 9.17) is 5.73 Å². The average molecular weight is 319 g/mol. The molecule has 0 aromatic heterocycles. The molecule has 0 aliphatic heterocycles. The van der Waals surface area contributed by atoms with Crippen LogP contribution >= 0.6 is 24.2 Å². The molecule has 0 spiro atoms. The molecule has 0 unspecified atom stereocenters.